The Bertz CT molecular complexity index is 678. The summed E-state index contributed by atoms with van der Waals surface area (Å²) in [6.45, 7) is 9.58. The number of hydrogen-bond acceptors (Lipinski definition) is 4. The Kier molecular flexibility index (Phi) is 6.11. The van der Waals surface area contributed by atoms with Gasteiger partial charge < -0.3 is 19.6 Å². The Morgan fingerprint density at radius 2 is 1.47 bits per heavy atom. The Balaban J connectivity index is 1.32. The molecule has 4 rings (SSSR count). The van der Waals surface area contributed by atoms with Crippen molar-refractivity contribution in [2.24, 2.45) is 17.3 Å². The highest BCUT2D eigenvalue weighted by Gasteiger charge is 2.59. The van der Waals surface area contributed by atoms with Crippen LogP contribution >= 0.6 is 0 Å². The van der Waals surface area contributed by atoms with Crippen molar-refractivity contribution in [3.05, 3.63) is 0 Å². The molecule has 30 heavy (non-hydrogen) atoms. The Hall–Kier alpha value is -1.63. The summed E-state index contributed by atoms with van der Waals surface area (Å²) in [6, 6.07) is -0.287. The molecule has 0 aromatic heterocycles. The van der Waals surface area contributed by atoms with Gasteiger partial charge in [0.2, 0.25) is 17.7 Å². The lowest BCUT2D eigenvalue weighted by molar-refractivity contribution is -0.150. The molecule has 4 aliphatic rings. The van der Waals surface area contributed by atoms with Gasteiger partial charge in [0.25, 0.3) is 0 Å². The average molecular weight is 419 g/mol. The summed E-state index contributed by atoms with van der Waals surface area (Å²) in [5.41, 5.74) is 0.122. The highest BCUT2D eigenvalue weighted by molar-refractivity contribution is 5.89. The quantitative estimate of drug-likeness (QED) is 0.696. The molecule has 4 fully saturated rings. The maximum absolute atomic E-state index is 13.3. The Morgan fingerprint density at radius 1 is 0.833 bits per heavy atom. The number of amides is 3. The van der Waals surface area contributed by atoms with Gasteiger partial charge in [-0.1, -0.05) is 13.8 Å². The molecular weight excluding hydrogens is 380 g/mol. The number of likely N-dealkylation sites (tertiary alicyclic amines) is 2. The summed E-state index contributed by atoms with van der Waals surface area (Å²) in [7, 11) is 2.11. The molecule has 2 atom stereocenters. The van der Waals surface area contributed by atoms with Crippen molar-refractivity contribution in [2.45, 2.75) is 58.4 Å². The summed E-state index contributed by atoms with van der Waals surface area (Å²) >= 11 is 0. The maximum atomic E-state index is 13.3. The lowest BCUT2D eigenvalue weighted by Gasteiger charge is -2.41. The molecular formula is C23H38N4O3. The Labute approximate surface area is 180 Å². The van der Waals surface area contributed by atoms with Crippen LogP contribution in [-0.2, 0) is 14.4 Å². The zero-order valence-corrected chi connectivity index (χ0v) is 18.9. The molecule has 168 valence electrons. The molecule has 7 heteroatoms. The molecule has 3 heterocycles. The largest absolute Gasteiger partial charge is 0.341 e. The van der Waals surface area contributed by atoms with Crippen molar-refractivity contribution in [3.8, 4) is 0 Å². The number of likely N-dealkylation sites (N-methyl/N-ethyl adjacent to an activating group) is 1. The molecule has 0 aromatic carbocycles. The zero-order chi connectivity index (χ0) is 21.5. The number of carbonyl (C=O) groups excluding carboxylic acids is 3. The van der Waals surface area contributed by atoms with Crippen LogP contribution in [-0.4, -0.2) is 96.2 Å². The lowest BCUT2D eigenvalue weighted by Crippen LogP contribution is -2.55. The van der Waals surface area contributed by atoms with Crippen LogP contribution in [0, 0.1) is 17.3 Å². The van der Waals surface area contributed by atoms with Crippen LogP contribution in [0.25, 0.3) is 0 Å². The third-order valence-electron chi connectivity index (χ3n) is 7.94. The van der Waals surface area contributed by atoms with Crippen molar-refractivity contribution in [1.82, 2.24) is 19.6 Å². The smallest absolute Gasteiger partial charge is 0.245 e. The van der Waals surface area contributed by atoms with E-state index >= 15 is 0 Å². The third-order valence-corrected chi connectivity index (χ3v) is 7.94. The van der Waals surface area contributed by atoms with E-state index in [1.54, 1.807) is 0 Å². The summed E-state index contributed by atoms with van der Waals surface area (Å²) in [5.74, 6) is 0.647. The fourth-order valence-corrected chi connectivity index (χ4v) is 5.66. The monoisotopic (exact) mass is 418 g/mol. The van der Waals surface area contributed by atoms with Crippen LogP contribution in [0.5, 0.6) is 0 Å². The number of rotatable bonds is 3. The molecule has 0 N–H and O–H groups in total. The fourth-order valence-electron chi connectivity index (χ4n) is 5.66. The van der Waals surface area contributed by atoms with E-state index in [9.17, 15) is 14.4 Å². The third kappa shape index (κ3) is 4.10. The Morgan fingerprint density at radius 3 is 2.10 bits per heavy atom. The first kappa shape index (κ1) is 21.6. The van der Waals surface area contributed by atoms with Gasteiger partial charge in [-0.25, -0.2) is 0 Å². The predicted octanol–water partition coefficient (Wildman–Crippen LogP) is 1.43. The van der Waals surface area contributed by atoms with Crippen LogP contribution in [0.1, 0.15) is 52.4 Å². The molecule has 3 saturated heterocycles. The lowest BCUT2D eigenvalue weighted by atomic mass is 9.89. The maximum Gasteiger partial charge on any atom is 0.245 e. The van der Waals surface area contributed by atoms with Gasteiger partial charge in [-0.15, -0.1) is 0 Å². The van der Waals surface area contributed by atoms with Gasteiger partial charge in [0.15, 0.2) is 0 Å². The molecule has 3 aliphatic heterocycles. The van der Waals surface area contributed by atoms with Crippen LogP contribution in [0.4, 0.5) is 0 Å². The van der Waals surface area contributed by atoms with Gasteiger partial charge in [-0.05, 0) is 51.0 Å². The van der Waals surface area contributed by atoms with Crippen molar-refractivity contribution < 1.29 is 14.4 Å². The number of carbonyl (C=O) groups is 3. The first-order valence-corrected chi connectivity index (χ1v) is 11.9. The fraction of sp³-hybridized carbons (Fsp3) is 0.870. The van der Waals surface area contributed by atoms with Gasteiger partial charge in [0.05, 0.1) is 0 Å². The summed E-state index contributed by atoms with van der Waals surface area (Å²) in [4.78, 5) is 47.0. The van der Waals surface area contributed by atoms with Crippen LogP contribution < -0.4 is 0 Å². The van der Waals surface area contributed by atoms with Gasteiger partial charge in [0.1, 0.15) is 6.04 Å². The highest BCUT2D eigenvalue weighted by Crippen LogP contribution is 2.60. The van der Waals surface area contributed by atoms with Crippen LogP contribution in [0.3, 0.4) is 0 Å². The second-order valence-corrected chi connectivity index (χ2v) is 10.3. The predicted molar refractivity (Wildman–Crippen MR) is 115 cm³/mol. The first-order valence-electron chi connectivity index (χ1n) is 11.9. The summed E-state index contributed by atoms with van der Waals surface area (Å²) in [6.07, 6.45) is 5.62. The molecule has 1 aliphatic carbocycles. The van der Waals surface area contributed by atoms with E-state index < -0.39 is 0 Å². The van der Waals surface area contributed by atoms with E-state index in [1.807, 2.05) is 28.5 Å². The van der Waals surface area contributed by atoms with Gasteiger partial charge in [0, 0.05) is 57.6 Å². The summed E-state index contributed by atoms with van der Waals surface area (Å²) in [5, 5.41) is 0. The number of hydrogen-bond donors (Lipinski definition) is 0. The van der Waals surface area contributed by atoms with Crippen LogP contribution in [0.15, 0.2) is 0 Å². The van der Waals surface area contributed by atoms with Crippen molar-refractivity contribution in [3.63, 3.8) is 0 Å². The minimum atomic E-state index is -0.287. The molecule has 0 unspecified atom stereocenters. The van der Waals surface area contributed by atoms with Gasteiger partial charge >= 0.3 is 0 Å². The van der Waals surface area contributed by atoms with E-state index in [1.165, 1.54) is 0 Å². The molecule has 1 spiro atoms. The number of piperidine rings is 2. The molecule has 3 amide bonds. The normalized spacial score (nSPS) is 29.4. The van der Waals surface area contributed by atoms with Gasteiger partial charge in [-0.2, -0.15) is 0 Å². The molecule has 0 radical (unpaired) electrons. The van der Waals surface area contributed by atoms with E-state index in [-0.39, 0.29) is 35.1 Å². The van der Waals surface area contributed by atoms with Crippen molar-refractivity contribution in [1.29, 1.82) is 0 Å². The molecule has 7 nitrogen and oxygen atoms in total. The first-order chi connectivity index (χ1) is 14.3. The van der Waals surface area contributed by atoms with E-state index in [4.69, 9.17) is 0 Å². The van der Waals surface area contributed by atoms with Crippen LogP contribution in [0.2, 0.25) is 0 Å². The standard InChI is InChI=1S/C23H38N4O3/c1-17(2)20(28)27-9-5-4-6-19(27)22(30)25-10-7-23(8-11-25)16-18(23)21(29)26-14-12-24(3)13-15-26/h17-19H,4-16H2,1-3H3/t18-,19+/m0/s1. The van der Waals surface area contributed by atoms with Crippen molar-refractivity contribution in [2.75, 3.05) is 52.9 Å². The number of nitrogens with zero attached hydrogens (tertiary/aromatic N) is 4. The number of piperazine rings is 1. The topological polar surface area (TPSA) is 64.2 Å². The second kappa shape index (κ2) is 8.48. The van der Waals surface area contributed by atoms with E-state index in [0.29, 0.717) is 12.5 Å². The molecule has 0 aromatic rings. The van der Waals surface area contributed by atoms with Gasteiger partial charge in [-0.3, -0.25) is 14.4 Å². The zero-order valence-electron chi connectivity index (χ0n) is 18.9. The summed E-state index contributed by atoms with van der Waals surface area (Å²) < 4.78 is 0. The molecule has 1 saturated carbocycles. The van der Waals surface area contributed by atoms with E-state index in [0.717, 1.165) is 77.8 Å². The SMILES string of the molecule is CC(C)C(=O)N1CCCC[C@@H]1C(=O)N1CCC2(CC1)C[C@H]2C(=O)N1CCN(C)CC1. The van der Waals surface area contributed by atoms with E-state index in [2.05, 4.69) is 11.9 Å². The second-order valence-electron chi connectivity index (χ2n) is 10.3. The highest BCUT2D eigenvalue weighted by atomic mass is 16.2. The molecule has 0 bridgehead atoms. The minimum Gasteiger partial charge on any atom is -0.341 e. The average Bonchev–Trinajstić information content (AvgIpc) is 3.46. The minimum absolute atomic E-state index is 0.0733. The van der Waals surface area contributed by atoms with Crippen molar-refractivity contribution >= 4 is 17.7 Å².